The molecule has 0 bridgehead atoms. The zero-order valence-corrected chi connectivity index (χ0v) is 47.4. The lowest BCUT2D eigenvalue weighted by Gasteiger charge is -2.34. The van der Waals surface area contributed by atoms with Crippen LogP contribution in [0.3, 0.4) is 0 Å². The third-order valence-electron chi connectivity index (χ3n) is 15.0. The lowest BCUT2D eigenvalue weighted by atomic mass is 9.82. The number of likely N-dealkylation sites (N-methyl/N-ethyl adjacent to an activating group) is 1. The summed E-state index contributed by atoms with van der Waals surface area (Å²) in [6, 6.07) is 18.7. The van der Waals surface area contributed by atoms with Gasteiger partial charge in [-0.25, -0.2) is 4.39 Å². The summed E-state index contributed by atoms with van der Waals surface area (Å²) in [5.41, 5.74) is 16.0. The van der Waals surface area contributed by atoms with E-state index in [1.54, 1.807) is 19.2 Å². The van der Waals surface area contributed by atoms with Gasteiger partial charge in [0.15, 0.2) is 0 Å². The maximum Gasteiger partial charge on any atom is 0.303 e. The van der Waals surface area contributed by atoms with Gasteiger partial charge in [0.05, 0.1) is 65.3 Å². The minimum atomic E-state index is -0.787. The Bertz CT molecular complexity index is 2440. The van der Waals surface area contributed by atoms with E-state index in [-0.39, 0.29) is 41.3 Å². The first-order chi connectivity index (χ1) is 37.6. The van der Waals surface area contributed by atoms with Crippen molar-refractivity contribution >= 4 is 23.7 Å². The summed E-state index contributed by atoms with van der Waals surface area (Å²) in [6.07, 6.45) is 20.9. The topological polar surface area (TPSA) is 226 Å². The van der Waals surface area contributed by atoms with Crippen molar-refractivity contribution < 1.29 is 42.6 Å². The van der Waals surface area contributed by atoms with Crippen molar-refractivity contribution in [1.82, 2.24) is 30.9 Å². The summed E-state index contributed by atoms with van der Waals surface area (Å²) < 4.78 is 29.8. The van der Waals surface area contributed by atoms with E-state index in [1.807, 2.05) is 48.1 Å². The van der Waals surface area contributed by atoms with Crippen LogP contribution in [0, 0.1) is 17.2 Å². The normalized spacial score (nSPS) is 13.0. The predicted molar refractivity (Wildman–Crippen MR) is 305 cm³/mol. The molecule has 1 aliphatic carbocycles. The Balaban J connectivity index is 0.962. The van der Waals surface area contributed by atoms with Gasteiger partial charge in [-0.05, 0) is 108 Å². The molecule has 1 fully saturated rings. The molecule has 5 rings (SSSR count). The van der Waals surface area contributed by atoms with E-state index in [9.17, 15) is 24.3 Å². The number of carboxylic acids is 1. The second-order valence-electron chi connectivity index (χ2n) is 22.6. The third kappa shape index (κ3) is 23.6. The Kier molecular flexibility index (Phi) is 27.0. The van der Waals surface area contributed by atoms with Gasteiger partial charge in [-0.1, -0.05) is 114 Å². The highest BCUT2D eigenvalue weighted by molar-refractivity contribution is 5.77. The Hall–Kier alpha value is -5.91. The number of aryl methyl sites for hydroxylation is 1. The molecule has 0 unspecified atom stereocenters. The van der Waals surface area contributed by atoms with Gasteiger partial charge in [0.2, 0.25) is 17.7 Å². The molecule has 1 aliphatic rings. The van der Waals surface area contributed by atoms with E-state index in [1.165, 1.54) is 51.0 Å². The number of rotatable bonds is 41. The second-order valence-corrected chi connectivity index (χ2v) is 22.6. The molecule has 1 heterocycles. The number of ether oxygens (including phenoxy) is 2. The lowest BCUT2D eigenvalue weighted by molar-refractivity contribution is -0.907. The summed E-state index contributed by atoms with van der Waals surface area (Å²) in [4.78, 5) is 48.8. The number of benzene rings is 3. The fourth-order valence-corrected chi connectivity index (χ4v) is 10.4. The van der Waals surface area contributed by atoms with E-state index in [0.717, 1.165) is 79.3 Å². The van der Waals surface area contributed by atoms with Crippen LogP contribution < -0.4 is 36.9 Å². The van der Waals surface area contributed by atoms with Gasteiger partial charge >= 0.3 is 5.97 Å². The van der Waals surface area contributed by atoms with E-state index >= 15 is 4.39 Å². The van der Waals surface area contributed by atoms with Gasteiger partial charge < -0.3 is 46.5 Å². The van der Waals surface area contributed by atoms with Crippen molar-refractivity contribution in [2.75, 3.05) is 66.5 Å². The van der Waals surface area contributed by atoms with Crippen molar-refractivity contribution in [2.24, 2.45) is 22.8 Å². The number of quaternary nitrogens is 1. The van der Waals surface area contributed by atoms with Crippen molar-refractivity contribution in [3.63, 3.8) is 0 Å². The molecule has 3 amide bonds. The Morgan fingerprint density at radius 3 is 1.99 bits per heavy atom. The number of nitrogens with one attached hydrogen (secondary N) is 3. The summed E-state index contributed by atoms with van der Waals surface area (Å²) in [6.45, 7) is 9.20. The monoisotopic (exact) mass is 1080 g/mol. The van der Waals surface area contributed by atoms with Crippen LogP contribution in [0.1, 0.15) is 158 Å². The van der Waals surface area contributed by atoms with Crippen LogP contribution in [0.5, 0.6) is 11.5 Å². The molecule has 0 spiro atoms. The molecule has 1 atom stereocenters. The molecule has 3 aromatic carbocycles. The number of amides is 3. The van der Waals surface area contributed by atoms with Crippen LogP contribution >= 0.6 is 0 Å². The first kappa shape index (κ1) is 62.9. The Morgan fingerprint density at radius 2 is 1.37 bits per heavy atom. The summed E-state index contributed by atoms with van der Waals surface area (Å²) in [5.74, 6) is 0.464. The minimum absolute atomic E-state index is 0.0198. The average Bonchev–Trinajstić information content (AvgIpc) is 4.18. The van der Waals surface area contributed by atoms with Crippen LogP contribution in [-0.2, 0) is 45.2 Å². The van der Waals surface area contributed by atoms with Crippen LogP contribution in [0.15, 0.2) is 66.9 Å². The number of carbonyl (C=O) groups is 4. The predicted octanol–water partition coefficient (Wildman–Crippen LogP) is 9.02. The molecule has 0 aliphatic heterocycles. The number of methoxy groups -OCH3 is 1. The number of hydrogen-bond donors (Lipinski definition) is 6. The molecule has 4 aromatic rings. The molecule has 1 saturated carbocycles. The molecular weight excluding hydrogens is 990 g/mol. The van der Waals surface area contributed by atoms with Crippen LogP contribution in [0.25, 0.3) is 11.1 Å². The highest BCUT2D eigenvalue weighted by Crippen LogP contribution is 2.45. The van der Waals surface area contributed by atoms with E-state index in [4.69, 9.17) is 20.9 Å². The van der Waals surface area contributed by atoms with Crippen molar-refractivity contribution in [3.8, 4) is 22.6 Å². The molecule has 0 saturated heterocycles. The van der Waals surface area contributed by atoms with E-state index in [0.29, 0.717) is 119 Å². The number of nitrogens with zero attached hydrogens (tertiary/aromatic N) is 4. The zero-order chi connectivity index (χ0) is 56.2. The van der Waals surface area contributed by atoms with Crippen molar-refractivity contribution in [1.29, 1.82) is 0 Å². The summed E-state index contributed by atoms with van der Waals surface area (Å²) >= 11 is 0. The number of nitrogens with two attached hydrogens (primary N) is 2. The number of aromatic nitrogens is 3. The van der Waals surface area contributed by atoms with Gasteiger partial charge in [-0.2, -0.15) is 0 Å². The van der Waals surface area contributed by atoms with Gasteiger partial charge in [0, 0.05) is 50.9 Å². The van der Waals surface area contributed by atoms with Gasteiger partial charge in [-0.3, -0.25) is 23.9 Å². The number of aliphatic carboxylic acids is 1. The molecule has 0 radical (unpaired) electrons. The molecular formula is C61H93FN9O7+. The smallest absolute Gasteiger partial charge is 0.303 e. The average molecular weight is 1080 g/mol. The summed E-state index contributed by atoms with van der Waals surface area (Å²) in [5, 5.41) is 27.3. The number of carbonyl (C=O) groups excluding carboxylic acids is 3. The molecule has 430 valence electrons. The van der Waals surface area contributed by atoms with E-state index < -0.39 is 5.97 Å². The first-order valence-corrected chi connectivity index (χ1v) is 28.9. The van der Waals surface area contributed by atoms with Gasteiger partial charge in [-0.15, -0.1) is 5.10 Å². The molecule has 16 nitrogen and oxygen atoms in total. The Labute approximate surface area is 463 Å². The molecule has 1 aromatic heterocycles. The second kappa shape index (κ2) is 33.5. The van der Waals surface area contributed by atoms with Gasteiger partial charge in [0.25, 0.3) is 0 Å². The Morgan fingerprint density at radius 1 is 0.756 bits per heavy atom. The van der Waals surface area contributed by atoms with Crippen molar-refractivity contribution in [3.05, 3.63) is 95.1 Å². The molecule has 8 N–H and O–H groups in total. The fourth-order valence-electron chi connectivity index (χ4n) is 10.4. The highest BCUT2D eigenvalue weighted by Gasteiger charge is 2.34. The van der Waals surface area contributed by atoms with Crippen molar-refractivity contribution in [2.45, 2.75) is 161 Å². The molecule has 78 heavy (non-hydrogen) atoms. The fraction of sp³-hybridized carbons (Fsp3) is 0.607. The maximum absolute atomic E-state index is 15.5. The van der Waals surface area contributed by atoms with Crippen LogP contribution in [0.4, 0.5) is 4.39 Å². The summed E-state index contributed by atoms with van der Waals surface area (Å²) in [7, 11) is 3.60. The largest absolute Gasteiger partial charge is 0.497 e. The number of halogens is 1. The third-order valence-corrected chi connectivity index (χ3v) is 15.0. The number of carboxylic acid groups (broad SMARTS) is 1. The van der Waals surface area contributed by atoms with Crippen LogP contribution in [-0.4, -0.2) is 115 Å². The van der Waals surface area contributed by atoms with E-state index in [2.05, 4.69) is 52.4 Å². The lowest BCUT2D eigenvalue weighted by Crippen LogP contribution is -2.52. The molecule has 17 heteroatoms. The minimum Gasteiger partial charge on any atom is -0.497 e. The number of hydrogen-bond acceptors (Lipinski definition) is 10. The van der Waals surface area contributed by atoms with Gasteiger partial charge in [0.1, 0.15) is 23.9 Å². The number of unbranched alkanes of at least 4 members (excludes halogenated alkanes) is 11. The first-order valence-electron chi connectivity index (χ1n) is 28.9. The maximum atomic E-state index is 15.5. The van der Waals surface area contributed by atoms with Crippen LogP contribution in [0.2, 0.25) is 0 Å². The SMILES string of the molecule is COc1ccc(F)c(-c2ccc(COc3cccc([C@@H](CC(=O)O)C4CC4)c3)cc2CC(C)(C)Cn2cc(CCCCCCCCCCCCCCC(=O)NCC[N+](C)(CCC(=O)NCCN)CCC(=O)NCCN)nn2)c1. The highest BCUT2D eigenvalue weighted by atomic mass is 19.1. The standard InChI is InChI=1S/C61H92FN9O7/c1-61(2,42-49-38-46(22-26-53(49)55-40-51(77-4)25-27-56(55)62)44-78-52-20-17-18-48(39-52)54(41-60(75)76)47-23-24-47)45-70-43-50(68-69-70)19-15-13-11-9-7-5-6-8-10-12-14-16-21-57(72)67-34-37-71(3,35-28-58(73)65-32-30-63)36-29-59(74)66-33-31-64/h17-18,20,22,25-27,38-40,43,47,54H,5-16,19,21,23-24,28-37,41-42,44-45,63-64H2,1-4H3,(H3-,65,66,67,72,73,74,75,76)/p+1/t54-/m0/s1. The quantitative estimate of drug-likeness (QED) is 0.0182. The zero-order valence-electron chi connectivity index (χ0n) is 47.4.